The first-order valence-corrected chi connectivity index (χ1v) is 4.08. The number of nitrogens with one attached hydrogen (secondary N) is 2. The lowest BCUT2D eigenvalue weighted by atomic mass is 10.2. The van der Waals surface area contributed by atoms with E-state index < -0.39 is 30.4 Å². The van der Waals surface area contributed by atoms with Crippen molar-refractivity contribution in [1.82, 2.24) is 15.8 Å². The fourth-order valence-electron chi connectivity index (χ4n) is 0.795. The smallest absolute Gasteiger partial charge is 0.330 e. The number of hydrazine groups is 1. The lowest BCUT2D eigenvalue weighted by molar-refractivity contribution is -0.140. The fourth-order valence-corrected chi connectivity index (χ4v) is 0.795. The summed E-state index contributed by atoms with van der Waals surface area (Å²) >= 11 is 0. The molecule has 8 heteroatoms. The van der Waals surface area contributed by atoms with Gasteiger partial charge < -0.3 is 16.2 Å². The summed E-state index contributed by atoms with van der Waals surface area (Å²) in [6.07, 6.45) is -0.448. The molecule has 0 aromatic heterocycles. The van der Waals surface area contributed by atoms with Gasteiger partial charge >= 0.3 is 12.0 Å². The zero-order valence-corrected chi connectivity index (χ0v) is 8.48. The van der Waals surface area contributed by atoms with Crippen molar-refractivity contribution in [3.05, 3.63) is 0 Å². The Bertz CT molecular complexity index is 266. The molecule has 0 rings (SSSR count). The van der Waals surface area contributed by atoms with E-state index in [1.54, 1.807) is 14.1 Å². The zero-order valence-electron chi connectivity index (χ0n) is 8.48. The monoisotopic (exact) mass is 218 g/mol. The molecule has 8 nitrogen and oxygen atoms in total. The van der Waals surface area contributed by atoms with E-state index in [1.807, 2.05) is 0 Å². The number of primary amides is 1. The number of rotatable bonds is 5. The molecule has 0 bridgehead atoms. The van der Waals surface area contributed by atoms with Gasteiger partial charge in [0.05, 0.1) is 6.42 Å². The van der Waals surface area contributed by atoms with Gasteiger partial charge in [0.25, 0.3) is 0 Å². The second-order valence-electron chi connectivity index (χ2n) is 3.04. The largest absolute Gasteiger partial charge is 0.480 e. The number of carboxylic acids is 1. The molecular formula is C7H14N4O4. The predicted octanol–water partition coefficient (Wildman–Crippen LogP) is -1.91. The maximum atomic E-state index is 11.1. The van der Waals surface area contributed by atoms with E-state index in [0.717, 1.165) is 0 Å². The number of hydrogen-bond acceptors (Lipinski definition) is 4. The van der Waals surface area contributed by atoms with Gasteiger partial charge in [0.15, 0.2) is 0 Å². The number of urea groups is 1. The molecule has 5 N–H and O–H groups in total. The van der Waals surface area contributed by atoms with Crippen molar-refractivity contribution in [2.75, 3.05) is 14.1 Å². The van der Waals surface area contributed by atoms with E-state index in [9.17, 15) is 14.4 Å². The van der Waals surface area contributed by atoms with E-state index in [2.05, 4.69) is 10.7 Å². The van der Waals surface area contributed by atoms with Crippen LogP contribution in [-0.2, 0) is 9.59 Å². The summed E-state index contributed by atoms with van der Waals surface area (Å²) in [7, 11) is 3.12. The van der Waals surface area contributed by atoms with Gasteiger partial charge in [0.2, 0.25) is 5.91 Å². The number of nitrogens with two attached hydrogens (primary N) is 1. The summed E-state index contributed by atoms with van der Waals surface area (Å²) < 4.78 is 0. The summed E-state index contributed by atoms with van der Waals surface area (Å²) in [5, 5.41) is 12.1. The van der Waals surface area contributed by atoms with Gasteiger partial charge in [0.1, 0.15) is 6.04 Å². The lowest BCUT2D eigenvalue weighted by Gasteiger charge is -2.16. The molecule has 86 valence electrons. The Morgan fingerprint density at radius 2 is 1.93 bits per heavy atom. The summed E-state index contributed by atoms with van der Waals surface area (Å²) in [6.45, 7) is 0. The van der Waals surface area contributed by atoms with Crippen molar-refractivity contribution in [2.45, 2.75) is 12.5 Å². The van der Waals surface area contributed by atoms with Gasteiger partial charge in [-0.2, -0.15) is 0 Å². The van der Waals surface area contributed by atoms with Gasteiger partial charge in [-0.25, -0.2) is 14.6 Å². The Morgan fingerprint density at radius 3 is 2.27 bits per heavy atom. The second-order valence-corrected chi connectivity index (χ2v) is 3.04. The predicted molar refractivity (Wildman–Crippen MR) is 50.6 cm³/mol. The van der Waals surface area contributed by atoms with Gasteiger partial charge in [-0.15, -0.1) is 0 Å². The topological polar surface area (TPSA) is 125 Å². The average molecular weight is 218 g/mol. The highest BCUT2D eigenvalue weighted by Gasteiger charge is 2.21. The molecule has 1 atom stereocenters. The summed E-state index contributed by atoms with van der Waals surface area (Å²) in [5.74, 6) is -2.12. The molecular weight excluding hydrogens is 204 g/mol. The molecule has 3 amide bonds. The van der Waals surface area contributed by atoms with Crippen LogP contribution >= 0.6 is 0 Å². The summed E-state index contributed by atoms with van der Waals surface area (Å²) in [6, 6.07) is -2.03. The van der Waals surface area contributed by atoms with Crippen LogP contribution in [0.25, 0.3) is 0 Å². The molecule has 0 aliphatic rings. The van der Waals surface area contributed by atoms with E-state index in [0.29, 0.717) is 0 Å². The van der Waals surface area contributed by atoms with Crippen LogP contribution < -0.4 is 16.5 Å². The number of hydrogen-bond donors (Lipinski definition) is 4. The third kappa shape index (κ3) is 6.27. The van der Waals surface area contributed by atoms with Crippen LogP contribution in [0.5, 0.6) is 0 Å². The number of amides is 3. The quantitative estimate of drug-likeness (QED) is 0.401. The van der Waals surface area contributed by atoms with E-state index in [-0.39, 0.29) is 0 Å². The zero-order chi connectivity index (χ0) is 12.0. The molecule has 0 radical (unpaired) electrons. The van der Waals surface area contributed by atoms with Gasteiger partial charge in [-0.1, -0.05) is 0 Å². The van der Waals surface area contributed by atoms with Crippen molar-refractivity contribution < 1.29 is 19.5 Å². The highest BCUT2D eigenvalue weighted by Crippen LogP contribution is 1.91. The third-order valence-corrected chi connectivity index (χ3v) is 1.33. The first-order valence-electron chi connectivity index (χ1n) is 4.08. The van der Waals surface area contributed by atoms with Gasteiger partial charge in [0, 0.05) is 14.1 Å². The number of carboxylic acid groups (broad SMARTS) is 1. The maximum Gasteiger partial charge on any atom is 0.330 e. The highest BCUT2D eigenvalue weighted by molar-refractivity contribution is 5.87. The van der Waals surface area contributed by atoms with Crippen molar-refractivity contribution >= 4 is 17.9 Å². The number of carbonyl (C=O) groups excluding carboxylic acids is 2. The minimum Gasteiger partial charge on any atom is -0.480 e. The van der Waals surface area contributed by atoms with E-state index in [4.69, 9.17) is 10.8 Å². The molecule has 0 aliphatic carbocycles. The summed E-state index contributed by atoms with van der Waals surface area (Å²) in [5.41, 5.74) is 7.09. The standard InChI is InChI=1S/C7H14N4O4/c1-11(2)10-7(15)9-4(6(13)14)3-5(8)12/h4H,3H2,1-2H3,(H2,8,12)(H,13,14)(H2,9,10,15)/t4-/m1/s1. The Labute approximate surface area is 86.4 Å². The Hall–Kier alpha value is -1.83. The second kappa shape index (κ2) is 5.81. The Balaban J connectivity index is 4.22. The maximum absolute atomic E-state index is 11.1. The molecule has 0 fully saturated rings. The molecule has 0 unspecified atom stereocenters. The minimum absolute atomic E-state index is 0.448. The molecule has 0 saturated heterocycles. The Kier molecular flexibility index (Phi) is 5.10. The van der Waals surface area contributed by atoms with Crippen LogP contribution in [0.15, 0.2) is 0 Å². The van der Waals surface area contributed by atoms with Crippen molar-refractivity contribution in [2.24, 2.45) is 5.73 Å². The minimum atomic E-state index is -1.32. The molecule has 0 aliphatic heterocycles. The van der Waals surface area contributed by atoms with Crippen LogP contribution in [0.3, 0.4) is 0 Å². The number of carbonyl (C=O) groups is 3. The van der Waals surface area contributed by atoms with Crippen LogP contribution in [0.2, 0.25) is 0 Å². The van der Waals surface area contributed by atoms with Gasteiger partial charge in [-0.3, -0.25) is 10.2 Å². The Morgan fingerprint density at radius 1 is 1.40 bits per heavy atom. The molecule has 0 aromatic rings. The van der Waals surface area contributed by atoms with Crippen molar-refractivity contribution in [3.8, 4) is 0 Å². The van der Waals surface area contributed by atoms with Crippen molar-refractivity contribution in [1.29, 1.82) is 0 Å². The molecule has 0 aromatic carbocycles. The van der Waals surface area contributed by atoms with Crippen LogP contribution in [0.1, 0.15) is 6.42 Å². The van der Waals surface area contributed by atoms with Crippen LogP contribution in [0, 0.1) is 0 Å². The van der Waals surface area contributed by atoms with E-state index >= 15 is 0 Å². The van der Waals surface area contributed by atoms with Crippen LogP contribution in [0.4, 0.5) is 4.79 Å². The normalized spacial score (nSPS) is 11.9. The first-order chi connectivity index (χ1) is 6.82. The van der Waals surface area contributed by atoms with E-state index in [1.165, 1.54) is 5.01 Å². The SMILES string of the molecule is CN(C)NC(=O)N[C@H](CC(N)=O)C(=O)O. The number of aliphatic carboxylic acids is 1. The molecule has 0 saturated carbocycles. The fraction of sp³-hybridized carbons (Fsp3) is 0.571. The first kappa shape index (κ1) is 13.2. The average Bonchev–Trinajstić information content (AvgIpc) is 1.99. The molecule has 15 heavy (non-hydrogen) atoms. The third-order valence-electron chi connectivity index (χ3n) is 1.33. The highest BCUT2D eigenvalue weighted by atomic mass is 16.4. The lowest BCUT2D eigenvalue weighted by Crippen LogP contribution is -2.50. The van der Waals surface area contributed by atoms with Crippen molar-refractivity contribution in [3.63, 3.8) is 0 Å². The van der Waals surface area contributed by atoms with Gasteiger partial charge in [-0.05, 0) is 0 Å². The molecule has 0 spiro atoms. The molecule has 0 heterocycles. The summed E-state index contributed by atoms with van der Waals surface area (Å²) in [4.78, 5) is 32.2. The number of nitrogens with zero attached hydrogens (tertiary/aromatic N) is 1. The van der Waals surface area contributed by atoms with Crippen LogP contribution in [-0.4, -0.2) is 48.2 Å².